The first kappa shape index (κ1) is 14.8. The van der Waals surface area contributed by atoms with Gasteiger partial charge in [0.1, 0.15) is 6.10 Å². The van der Waals surface area contributed by atoms with Crippen molar-refractivity contribution >= 4 is 17.2 Å². The Labute approximate surface area is 134 Å². The average Bonchev–Trinajstić information content (AvgIpc) is 3.13. The Morgan fingerprint density at radius 3 is 2.68 bits per heavy atom. The monoisotopic (exact) mass is 311 g/mol. The number of likely N-dealkylation sites (N-methyl/N-ethyl adjacent to an activating group) is 1. The van der Waals surface area contributed by atoms with Crippen LogP contribution >= 0.6 is 11.3 Å². The van der Waals surface area contributed by atoms with Gasteiger partial charge >= 0.3 is 0 Å². The number of rotatable bonds is 3. The highest BCUT2D eigenvalue weighted by atomic mass is 32.1. The summed E-state index contributed by atoms with van der Waals surface area (Å²) in [6.07, 6.45) is 5.10. The number of hydrogen-bond donors (Lipinski definition) is 1. The molecule has 0 unspecified atom stereocenters. The SMILES string of the molecule is C#Cc1ccc([C@@H](O)[C@H]2[C@@H](c3ccccc3)CC(=O)N2C)s1. The number of likely N-dealkylation sites (tertiary alicyclic amines) is 1. The molecule has 1 aromatic heterocycles. The predicted molar refractivity (Wildman–Crippen MR) is 87.6 cm³/mol. The van der Waals surface area contributed by atoms with E-state index in [9.17, 15) is 9.90 Å². The van der Waals surface area contributed by atoms with Crippen molar-refractivity contribution in [1.82, 2.24) is 4.90 Å². The summed E-state index contributed by atoms with van der Waals surface area (Å²) in [4.78, 5) is 15.4. The number of carbonyl (C=O) groups is 1. The fourth-order valence-corrected chi connectivity index (χ4v) is 3.94. The minimum absolute atomic E-state index is 0.00918. The summed E-state index contributed by atoms with van der Waals surface area (Å²) in [5, 5.41) is 10.8. The quantitative estimate of drug-likeness (QED) is 0.886. The molecule has 1 fully saturated rings. The van der Waals surface area contributed by atoms with E-state index < -0.39 is 6.10 Å². The van der Waals surface area contributed by atoms with Crippen LogP contribution < -0.4 is 0 Å². The zero-order valence-corrected chi connectivity index (χ0v) is 13.1. The van der Waals surface area contributed by atoms with Crippen molar-refractivity contribution in [1.29, 1.82) is 0 Å². The number of nitrogens with zero attached hydrogens (tertiary/aromatic N) is 1. The number of hydrogen-bond acceptors (Lipinski definition) is 3. The molecule has 0 radical (unpaired) electrons. The van der Waals surface area contributed by atoms with E-state index in [1.807, 2.05) is 42.5 Å². The second kappa shape index (κ2) is 5.96. The number of amides is 1. The maximum atomic E-state index is 12.2. The molecule has 1 saturated heterocycles. The Hall–Kier alpha value is -2.09. The molecule has 0 aliphatic carbocycles. The van der Waals surface area contributed by atoms with Gasteiger partial charge in [0.25, 0.3) is 0 Å². The average molecular weight is 311 g/mol. The van der Waals surface area contributed by atoms with Crippen LogP contribution in [-0.2, 0) is 4.79 Å². The van der Waals surface area contributed by atoms with Crippen LogP contribution in [0.4, 0.5) is 0 Å². The molecule has 1 aromatic carbocycles. The Bertz CT molecular complexity index is 716. The van der Waals surface area contributed by atoms with Gasteiger partial charge in [-0.1, -0.05) is 36.3 Å². The third-order valence-corrected chi connectivity index (χ3v) is 5.35. The summed E-state index contributed by atoms with van der Waals surface area (Å²) in [5.74, 6) is 2.64. The standard InChI is InChI=1S/C18H17NO2S/c1-3-13-9-10-15(22-13)18(21)17-14(11-16(20)19(17)2)12-7-5-4-6-8-12/h1,4-10,14,17-18,21H,11H2,2H3/t14-,17-,18-/m1/s1. The summed E-state index contributed by atoms with van der Waals surface area (Å²) in [5.41, 5.74) is 1.08. The van der Waals surface area contributed by atoms with Crippen molar-refractivity contribution in [3.05, 3.63) is 57.8 Å². The van der Waals surface area contributed by atoms with E-state index in [-0.39, 0.29) is 17.9 Å². The minimum Gasteiger partial charge on any atom is -0.385 e. The van der Waals surface area contributed by atoms with Gasteiger partial charge in [-0.3, -0.25) is 4.79 Å². The maximum absolute atomic E-state index is 12.2. The van der Waals surface area contributed by atoms with Gasteiger partial charge in [-0.25, -0.2) is 0 Å². The molecule has 1 N–H and O–H groups in total. The van der Waals surface area contributed by atoms with Gasteiger partial charge in [0.05, 0.1) is 10.9 Å². The normalized spacial score (nSPS) is 22.6. The van der Waals surface area contributed by atoms with Gasteiger partial charge in [-0.2, -0.15) is 0 Å². The zero-order chi connectivity index (χ0) is 15.7. The molecule has 3 nitrogen and oxygen atoms in total. The van der Waals surface area contributed by atoms with E-state index in [2.05, 4.69) is 5.92 Å². The fourth-order valence-electron chi connectivity index (χ4n) is 3.09. The highest BCUT2D eigenvalue weighted by Gasteiger charge is 2.43. The number of aliphatic hydroxyl groups is 1. The Kier molecular flexibility index (Phi) is 4.02. The molecule has 4 heteroatoms. The number of thiophene rings is 1. The second-order valence-corrected chi connectivity index (χ2v) is 6.62. The lowest BCUT2D eigenvalue weighted by Crippen LogP contribution is -2.36. The molecular formula is C18H17NO2S. The molecule has 2 aromatic rings. The first-order chi connectivity index (χ1) is 10.6. The highest BCUT2D eigenvalue weighted by Crippen LogP contribution is 2.41. The summed E-state index contributed by atoms with van der Waals surface area (Å²) in [6, 6.07) is 13.3. The molecular weight excluding hydrogens is 294 g/mol. The zero-order valence-electron chi connectivity index (χ0n) is 12.3. The highest BCUT2D eigenvalue weighted by molar-refractivity contribution is 7.12. The molecule has 3 rings (SSSR count). The number of aliphatic hydroxyl groups excluding tert-OH is 1. The van der Waals surface area contributed by atoms with E-state index in [1.54, 1.807) is 11.9 Å². The third-order valence-electron chi connectivity index (χ3n) is 4.26. The summed E-state index contributed by atoms with van der Waals surface area (Å²) in [7, 11) is 1.76. The molecule has 112 valence electrons. The van der Waals surface area contributed by atoms with Crippen LogP contribution in [0.5, 0.6) is 0 Å². The van der Waals surface area contributed by atoms with Crippen LogP contribution in [0.1, 0.15) is 33.8 Å². The summed E-state index contributed by atoms with van der Waals surface area (Å²) < 4.78 is 0. The van der Waals surface area contributed by atoms with Gasteiger partial charge in [-0.15, -0.1) is 17.8 Å². The third kappa shape index (κ3) is 2.54. The fraction of sp³-hybridized carbons (Fsp3) is 0.278. The Balaban J connectivity index is 1.94. The van der Waals surface area contributed by atoms with E-state index in [1.165, 1.54) is 11.3 Å². The Morgan fingerprint density at radius 2 is 2.05 bits per heavy atom. The number of terminal acetylenes is 1. The van der Waals surface area contributed by atoms with Crippen LogP contribution in [0.3, 0.4) is 0 Å². The van der Waals surface area contributed by atoms with E-state index in [0.717, 1.165) is 15.3 Å². The maximum Gasteiger partial charge on any atom is 0.223 e. The topological polar surface area (TPSA) is 40.5 Å². The van der Waals surface area contributed by atoms with E-state index in [0.29, 0.717) is 6.42 Å². The molecule has 0 bridgehead atoms. The first-order valence-electron chi connectivity index (χ1n) is 7.17. The van der Waals surface area contributed by atoms with Crippen molar-refractivity contribution in [2.75, 3.05) is 7.05 Å². The lowest BCUT2D eigenvalue weighted by Gasteiger charge is -2.29. The number of carbonyl (C=O) groups excluding carboxylic acids is 1. The predicted octanol–water partition coefficient (Wildman–Crippen LogP) is 2.78. The molecule has 1 aliphatic rings. The van der Waals surface area contributed by atoms with Crippen LogP contribution in [-0.4, -0.2) is 29.0 Å². The molecule has 22 heavy (non-hydrogen) atoms. The van der Waals surface area contributed by atoms with Crippen molar-refractivity contribution < 1.29 is 9.90 Å². The smallest absolute Gasteiger partial charge is 0.223 e. The van der Waals surface area contributed by atoms with Gasteiger partial charge in [0, 0.05) is 24.3 Å². The van der Waals surface area contributed by atoms with Crippen LogP contribution in [0.15, 0.2) is 42.5 Å². The van der Waals surface area contributed by atoms with E-state index in [4.69, 9.17) is 6.42 Å². The van der Waals surface area contributed by atoms with Gasteiger partial charge in [-0.05, 0) is 17.7 Å². The van der Waals surface area contributed by atoms with Crippen LogP contribution in [0.25, 0.3) is 0 Å². The van der Waals surface area contributed by atoms with Crippen LogP contribution in [0, 0.1) is 12.3 Å². The molecule has 2 heterocycles. The second-order valence-electron chi connectivity index (χ2n) is 5.51. The summed E-state index contributed by atoms with van der Waals surface area (Å²) >= 11 is 1.40. The van der Waals surface area contributed by atoms with Crippen molar-refractivity contribution in [3.63, 3.8) is 0 Å². The lowest BCUT2D eigenvalue weighted by atomic mass is 9.88. The number of benzene rings is 1. The van der Waals surface area contributed by atoms with Gasteiger partial charge < -0.3 is 10.0 Å². The lowest BCUT2D eigenvalue weighted by molar-refractivity contribution is -0.128. The minimum atomic E-state index is -0.728. The van der Waals surface area contributed by atoms with Crippen molar-refractivity contribution in [2.45, 2.75) is 24.5 Å². The molecule has 0 saturated carbocycles. The largest absolute Gasteiger partial charge is 0.385 e. The molecule has 3 atom stereocenters. The molecule has 1 amide bonds. The van der Waals surface area contributed by atoms with Crippen LogP contribution in [0.2, 0.25) is 0 Å². The first-order valence-corrected chi connectivity index (χ1v) is 7.98. The van der Waals surface area contributed by atoms with Crippen molar-refractivity contribution in [2.24, 2.45) is 0 Å². The summed E-state index contributed by atoms with van der Waals surface area (Å²) in [6.45, 7) is 0. The van der Waals surface area contributed by atoms with Crippen molar-refractivity contribution in [3.8, 4) is 12.3 Å². The molecule has 1 aliphatic heterocycles. The molecule has 0 spiro atoms. The van der Waals surface area contributed by atoms with E-state index >= 15 is 0 Å². The van der Waals surface area contributed by atoms with Gasteiger partial charge in [0.15, 0.2) is 0 Å². The Morgan fingerprint density at radius 1 is 1.32 bits per heavy atom. The van der Waals surface area contributed by atoms with Gasteiger partial charge in [0.2, 0.25) is 5.91 Å².